The number of hydrogen-bond acceptors (Lipinski definition) is 5. The number of esters is 1. The first-order valence-electron chi connectivity index (χ1n) is 9.08. The van der Waals surface area contributed by atoms with Crippen LogP contribution in [0.5, 0.6) is 5.75 Å². The van der Waals surface area contributed by atoms with Gasteiger partial charge in [0.15, 0.2) is 0 Å². The second kappa shape index (κ2) is 6.64. The van der Waals surface area contributed by atoms with Crippen LogP contribution in [-0.2, 0) is 31.5 Å². The Labute approximate surface area is 162 Å². The predicted octanol–water partition coefficient (Wildman–Crippen LogP) is 4.10. The van der Waals surface area contributed by atoms with Crippen LogP contribution in [0.1, 0.15) is 50.7 Å². The molecule has 5 nitrogen and oxygen atoms in total. The molecule has 1 fully saturated rings. The fraction of sp³-hybridized carbons (Fsp3) is 0.632. The molecule has 0 N–H and O–H groups in total. The van der Waals surface area contributed by atoms with Crippen LogP contribution in [0.15, 0.2) is 18.2 Å². The van der Waals surface area contributed by atoms with Gasteiger partial charge in [0.2, 0.25) is 0 Å². The van der Waals surface area contributed by atoms with Gasteiger partial charge in [-0.1, -0.05) is 19.4 Å². The Kier molecular flexibility index (Phi) is 4.97. The fourth-order valence-corrected chi connectivity index (χ4v) is 5.59. The van der Waals surface area contributed by atoms with Crippen LogP contribution in [0, 0.1) is 11.3 Å². The van der Waals surface area contributed by atoms with Gasteiger partial charge in [0.05, 0.1) is 12.5 Å². The Balaban J connectivity index is 2.04. The monoisotopic (exact) mass is 420 g/mol. The predicted molar refractivity (Wildman–Crippen MR) is 95.2 cm³/mol. The Bertz CT molecular complexity index is 895. The molecule has 1 saturated carbocycles. The van der Waals surface area contributed by atoms with Crippen molar-refractivity contribution < 1.29 is 35.3 Å². The molecule has 3 atom stereocenters. The molecule has 2 aliphatic carbocycles. The highest BCUT2D eigenvalue weighted by Gasteiger charge is 2.56. The standard InChI is InChI=1S/C19H23F3O5S/c1-17-9-4-10-18(2,16(23)26-3)15(17)8-6-12-5-7-13(11-14(12)17)27-28(24,25)19(20,21)22/h5,7,11,15H,4,6,8-10H2,1-3H3/t15-,17-,18?/m1/s1. The van der Waals surface area contributed by atoms with Crippen molar-refractivity contribution in [3.8, 4) is 5.75 Å². The third-order valence-corrected chi connectivity index (χ3v) is 7.45. The van der Waals surface area contributed by atoms with Crippen molar-refractivity contribution in [2.24, 2.45) is 11.3 Å². The second-order valence-corrected chi connectivity index (χ2v) is 9.61. The zero-order valence-corrected chi connectivity index (χ0v) is 16.7. The van der Waals surface area contributed by atoms with Crippen molar-refractivity contribution in [2.45, 2.75) is 56.9 Å². The molecule has 0 radical (unpaired) electrons. The number of hydrogen-bond donors (Lipinski definition) is 0. The molecule has 2 aliphatic rings. The lowest BCUT2D eigenvalue weighted by Crippen LogP contribution is -2.52. The average molecular weight is 420 g/mol. The molecule has 28 heavy (non-hydrogen) atoms. The highest BCUT2D eigenvalue weighted by atomic mass is 32.2. The van der Waals surface area contributed by atoms with Gasteiger partial charge in [0.25, 0.3) is 0 Å². The van der Waals surface area contributed by atoms with E-state index in [2.05, 4.69) is 4.18 Å². The number of methoxy groups -OCH3 is 1. The first-order valence-corrected chi connectivity index (χ1v) is 10.5. The molecule has 0 bridgehead atoms. The third kappa shape index (κ3) is 3.17. The minimum atomic E-state index is -5.74. The summed E-state index contributed by atoms with van der Waals surface area (Å²) in [5, 5.41) is 0. The lowest BCUT2D eigenvalue weighted by molar-refractivity contribution is -0.161. The number of ether oxygens (including phenoxy) is 1. The third-order valence-electron chi connectivity index (χ3n) is 6.47. The maximum Gasteiger partial charge on any atom is 0.534 e. The zero-order valence-electron chi connectivity index (χ0n) is 15.9. The van der Waals surface area contributed by atoms with E-state index >= 15 is 0 Å². The molecule has 3 rings (SSSR count). The van der Waals surface area contributed by atoms with Gasteiger partial charge in [0.1, 0.15) is 5.75 Å². The number of alkyl halides is 3. The lowest BCUT2D eigenvalue weighted by Gasteiger charge is -2.54. The molecule has 0 heterocycles. The zero-order chi connectivity index (χ0) is 21.0. The van der Waals surface area contributed by atoms with Crippen molar-refractivity contribution in [1.82, 2.24) is 0 Å². The Hall–Kier alpha value is -1.77. The van der Waals surface area contributed by atoms with Crippen LogP contribution >= 0.6 is 0 Å². The second-order valence-electron chi connectivity index (χ2n) is 8.07. The van der Waals surface area contributed by atoms with E-state index in [1.165, 1.54) is 19.2 Å². The van der Waals surface area contributed by atoms with Crippen molar-refractivity contribution in [3.05, 3.63) is 29.3 Å². The van der Waals surface area contributed by atoms with Gasteiger partial charge in [-0.2, -0.15) is 21.6 Å². The summed E-state index contributed by atoms with van der Waals surface area (Å²) < 4.78 is 70.1. The molecule has 0 amide bonds. The van der Waals surface area contributed by atoms with Gasteiger partial charge in [-0.15, -0.1) is 0 Å². The first kappa shape index (κ1) is 21.0. The molecular weight excluding hydrogens is 397 g/mol. The number of benzene rings is 1. The minimum Gasteiger partial charge on any atom is -0.469 e. The number of halogens is 3. The van der Waals surface area contributed by atoms with Crippen LogP contribution in [0.2, 0.25) is 0 Å². The van der Waals surface area contributed by atoms with Gasteiger partial charge in [-0.3, -0.25) is 4.79 Å². The van der Waals surface area contributed by atoms with Crippen molar-refractivity contribution in [3.63, 3.8) is 0 Å². The summed E-state index contributed by atoms with van der Waals surface area (Å²) in [6.07, 6.45) is 3.56. The van der Waals surface area contributed by atoms with Gasteiger partial charge in [-0.05, 0) is 67.2 Å². The van der Waals surface area contributed by atoms with Crippen LogP contribution < -0.4 is 4.18 Å². The summed E-state index contributed by atoms with van der Waals surface area (Å²) in [5.74, 6) is -0.731. The van der Waals surface area contributed by atoms with E-state index in [1.807, 2.05) is 13.8 Å². The van der Waals surface area contributed by atoms with Crippen LogP contribution in [0.25, 0.3) is 0 Å². The SMILES string of the molecule is COC(=O)C1(C)CCC[C@]2(C)c3cc(OS(=O)(=O)C(F)(F)F)ccc3CC[C@@H]12. The van der Waals surface area contributed by atoms with E-state index in [0.29, 0.717) is 12.8 Å². The van der Waals surface area contributed by atoms with E-state index in [4.69, 9.17) is 4.74 Å². The van der Waals surface area contributed by atoms with E-state index in [1.54, 1.807) is 6.07 Å². The highest BCUT2D eigenvalue weighted by Crippen LogP contribution is 2.58. The van der Waals surface area contributed by atoms with Crippen LogP contribution in [0.3, 0.4) is 0 Å². The maximum absolute atomic E-state index is 12.7. The van der Waals surface area contributed by atoms with Crippen LogP contribution in [-0.4, -0.2) is 27.0 Å². The summed E-state index contributed by atoms with van der Waals surface area (Å²) in [4.78, 5) is 12.5. The molecule has 156 valence electrons. The van der Waals surface area contributed by atoms with E-state index in [9.17, 15) is 26.4 Å². The molecule has 1 aromatic rings. The van der Waals surface area contributed by atoms with E-state index in [-0.39, 0.29) is 17.6 Å². The topological polar surface area (TPSA) is 69.7 Å². The Morgan fingerprint density at radius 1 is 1.21 bits per heavy atom. The first-order chi connectivity index (χ1) is 12.8. The lowest BCUT2D eigenvalue weighted by atomic mass is 9.50. The molecule has 1 aromatic carbocycles. The quantitative estimate of drug-likeness (QED) is 0.418. The number of rotatable bonds is 3. The fourth-order valence-electron chi connectivity index (χ4n) is 5.14. The molecule has 0 aliphatic heterocycles. The maximum atomic E-state index is 12.7. The summed E-state index contributed by atoms with van der Waals surface area (Å²) in [7, 11) is -4.39. The summed E-state index contributed by atoms with van der Waals surface area (Å²) in [5.41, 5.74) is -5.01. The largest absolute Gasteiger partial charge is 0.534 e. The van der Waals surface area contributed by atoms with Crippen molar-refractivity contribution in [2.75, 3.05) is 7.11 Å². The smallest absolute Gasteiger partial charge is 0.469 e. The molecule has 1 unspecified atom stereocenters. The number of carbonyl (C=O) groups excluding carboxylic acids is 1. The molecular formula is C19H23F3O5S. The van der Waals surface area contributed by atoms with Gasteiger partial charge in [-0.25, -0.2) is 0 Å². The van der Waals surface area contributed by atoms with Gasteiger partial charge < -0.3 is 8.92 Å². The summed E-state index contributed by atoms with van der Waals surface area (Å²) in [6, 6.07) is 4.24. The van der Waals surface area contributed by atoms with E-state index < -0.39 is 26.5 Å². The molecule has 9 heteroatoms. The van der Waals surface area contributed by atoms with Crippen molar-refractivity contribution in [1.29, 1.82) is 0 Å². The summed E-state index contributed by atoms with van der Waals surface area (Å²) >= 11 is 0. The molecule has 0 aromatic heterocycles. The number of aryl methyl sites for hydroxylation is 1. The highest BCUT2D eigenvalue weighted by molar-refractivity contribution is 7.88. The minimum absolute atomic E-state index is 0.0665. The van der Waals surface area contributed by atoms with E-state index in [0.717, 1.165) is 30.4 Å². The number of carbonyl (C=O) groups is 1. The van der Waals surface area contributed by atoms with Gasteiger partial charge in [0, 0.05) is 0 Å². The molecule has 0 spiro atoms. The normalized spacial score (nSPS) is 30.1. The Morgan fingerprint density at radius 2 is 1.89 bits per heavy atom. The van der Waals surface area contributed by atoms with Crippen molar-refractivity contribution >= 4 is 16.1 Å². The Morgan fingerprint density at radius 3 is 2.50 bits per heavy atom. The van der Waals surface area contributed by atoms with Crippen LogP contribution in [0.4, 0.5) is 13.2 Å². The molecule has 0 saturated heterocycles. The van der Waals surface area contributed by atoms with Gasteiger partial charge >= 0.3 is 21.6 Å². The average Bonchev–Trinajstić information content (AvgIpc) is 2.60. The number of fused-ring (bicyclic) bond motifs is 3. The summed E-state index contributed by atoms with van der Waals surface area (Å²) in [6.45, 7) is 3.86.